The second-order valence-electron chi connectivity index (χ2n) is 5.20. The maximum absolute atomic E-state index is 12.1. The van der Waals surface area contributed by atoms with Crippen LogP contribution < -0.4 is 16.2 Å². The van der Waals surface area contributed by atoms with E-state index in [0.717, 1.165) is 19.3 Å². The van der Waals surface area contributed by atoms with E-state index in [-0.39, 0.29) is 23.7 Å². The topological polar surface area (TPSA) is 84.4 Å². The zero-order valence-electron chi connectivity index (χ0n) is 11.6. The molecule has 1 aromatic rings. The van der Waals surface area contributed by atoms with Crippen molar-refractivity contribution in [3.05, 3.63) is 21.6 Å². The minimum atomic E-state index is -0.368. The molecule has 1 heterocycles. The van der Waals surface area contributed by atoms with Crippen LogP contribution in [0.15, 0.2) is 11.0 Å². The van der Waals surface area contributed by atoms with Crippen LogP contribution in [0.5, 0.6) is 0 Å². The number of aliphatic hydroxyl groups is 1. The molecule has 1 fully saturated rings. The molecular weight excluding hydrogens is 280 g/mol. The van der Waals surface area contributed by atoms with Crippen LogP contribution in [0.3, 0.4) is 0 Å². The first-order valence-electron chi connectivity index (χ1n) is 6.89. The fourth-order valence-electron chi connectivity index (χ4n) is 2.94. The molecule has 6 nitrogen and oxygen atoms in total. The van der Waals surface area contributed by atoms with Gasteiger partial charge in [0.15, 0.2) is 0 Å². The third kappa shape index (κ3) is 2.82. The van der Waals surface area contributed by atoms with Gasteiger partial charge in [-0.3, -0.25) is 4.79 Å². The molecule has 1 aliphatic rings. The van der Waals surface area contributed by atoms with Crippen LogP contribution in [0.2, 0.25) is 5.02 Å². The van der Waals surface area contributed by atoms with Gasteiger partial charge in [-0.2, -0.15) is 5.10 Å². The lowest BCUT2D eigenvalue weighted by Crippen LogP contribution is -2.39. The van der Waals surface area contributed by atoms with Gasteiger partial charge in [0.1, 0.15) is 5.02 Å². The number of hydrogen-bond donors (Lipinski definition) is 2. The summed E-state index contributed by atoms with van der Waals surface area (Å²) < 4.78 is 1.18. The minimum absolute atomic E-state index is 0.143. The molecule has 0 amide bonds. The predicted octanol–water partition coefficient (Wildman–Crippen LogP) is 0.453. The second kappa shape index (κ2) is 6.56. The summed E-state index contributed by atoms with van der Waals surface area (Å²) in [5, 5.41) is 13.1. The summed E-state index contributed by atoms with van der Waals surface area (Å²) in [7, 11) is 1.93. The van der Waals surface area contributed by atoms with E-state index in [4.69, 9.17) is 22.4 Å². The Hall–Kier alpha value is -1.11. The van der Waals surface area contributed by atoms with Crippen molar-refractivity contribution < 1.29 is 5.11 Å². The summed E-state index contributed by atoms with van der Waals surface area (Å²) in [6.45, 7) is 0.648. The lowest BCUT2D eigenvalue weighted by Gasteiger charge is -2.31. The van der Waals surface area contributed by atoms with E-state index in [1.54, 1.807) is 6.20 Å². The van der Waals surface area contributed by atoms with E-state index in [9.17, 15) is 4.79 Å². The van der Waals surface area contributed by atoms with Gasteiger partial charge in [0.2, 0.25) is 0 Å². The normalized spacial score (nSPS) is 22.2. The van der Waals surface area contributed by atoms with Crippen molar-refractivity contribution in [1.29, 1.82) is 0 Å². The summed E-state index contributed by atoms with van der Waals surface area (Å²) in [4.78, 5) is 14.1. The highest BCUT2D eigenvalue weighted by molar-refractivity contribution is 6.33. The Kier molecular flexibility index (Phi) is 5.01. The lowest BCUT2D eigenvalue weighted by molar-refractivity contribution is 0.266. The Labute approximate surface area is 123 Å². The molecule has 0 aliphatic heterocycles. The molecule has 112 valence electrons. The molecule has 1 aromatic heterocycles. The van der Waals surface area contributed by atoms with Gasteiger partial charge in [-0.05, 0) is 25.3 Å². The maximum atomic E-state index is 12.1. The predicted molar refractivity (Wildman–Crippen MR) is 79.2 cm³/mol. The summed E-state index contributed by atoms with van der Waals surface area (Å²) in [6, 6.07) is 0.299. The Balaban J connectivity index is 2.28. The van der Waals surface area contributed by atoms with Gasteiger partial charge in [0, 0.05) is 13.1 Å². The SMILES string of the molecule is CN(c1cnn(CCO)c(=O)c1Cl)C1CCCC1CN. The standard InChI is InChI=1S/C13H21ClN4O2/c1-17(10-4-2-3-9(10)7-15)11-8-16-18(5-6-19)13(20)12(11)14/h8-10,19H,2-7,15H2,1H3. The molecule has 0 radical (unpaired) electrons. The molecule has 0 spiro atoms. The summed E-state index contributed by atoms with van der Waals surface area (Å²) in [5.41, 5.74) is 6.07. The molecule has 2 unspecified atom stereocenters. The molecule has 1 saturated carbocycles. The highest BCUT2D eigenvalue weighted by Gasteiger charge is 2.31. The van der Waals surface area contributed by atoms with Crippen LogP contribution in [0.4, 0.5) is 5.69 Å². The maximum Gasteiger partial charge on any atom is 0.287 e. The number of halogens is 1. The van der Waals surface area contributed by atoms with Crippen molar-refractivity contribution >= 4 is 17.3 Å². The largest absolute Gasteiger partial charge is 0.394 e. The van der Waals surface area contributed by atoms with E-state index in [1.807, 2.05) is 11.9 Å². The summed E-state index contributed by atoms with van der Waals surface area (Å²) in [5.74, 6) is 0.427. The van der Waals surface area contributed by atoms with Gasteiger partial charge in [-0.1, -0.05) is 18.0 Å². The average Bonchev–Trinajstić information content (AvgIpc) is 2.92. The highest BCUT2D eigenvalue weighted by atomic mass is 35.5. The smallest absolute Gasteiger partial charge is 0.287 e. The Morgan fingerprint density at radius 3 is 3.00 bits per heavy atom. The molecule has 2 atom stereocenters. The Morgan fingerprint density at radius 2 is 2.35 bits per heavy atom. The van der Waals surface area contributed by atoms with Crippen LogP contribution in [0, 0.1) is 5.92 Å². The number of aromatic nitrogens is 2. The molecule has 0 aromatic carbocycles. The first-order valence-corrected chi connectivity index (χ1v) is 7.27. The summed E-state index contributed by atoms with van der Waals surface area (Å²) in [6.07, 6.45) is 4.89. The van der Waals surface area contributed by atoms with Gasteiger partial charge >= 0.3 is 0 Å². The number of hydrogen-bond acceptors (Lipinski definition) is 5. The Bertz CT molecular complexity index is 520. The van der Waals surface area contributed by atoms with Gasteiger partial charge in [-0.15, -0.1) is 0 Å². The van der Waals surface area contributed by atoms with E-state index in [2.05, 4.69) is 5.10 Å². The van der Waals surface area contributed by atoms with Gasteiger partial charge in [-0.25, -0.2) is 4.68 Å². The quantitative estimate of drug-likeness (QED) is 0.825. The number of nitrogens with zero attached hydrogens (tertiary/aromatic N) is 3. The number of anilines is 1. The fourth-order valence-corrected chi connectivity index (χ4v) is 3.22. The third-order valence-corrected chi connectivity index (χ3v) is 4.43. The van der Waals surface area contributed by atoms with Crippen LogP contribution in [0.1, 0.15) is 19.3 Å². The van der Waals surface area contributed by atoms with Crippen molar-refractivity contribution in [1.82, 2.24) is 9.78 Å². The van der Waals surface area contributed by atoms with Gasteiger partial charge < -0.3 is 15.7 Å². The first kappa shape index (κ1) is 15.3. The third-order valence-electron chi connectivity index (χ3n) is 4.08. The molecule has 3 N–H and O–H groups in total. The summed E-state index contributed by atoms with van der Waals surface area (Å²) >= 11 is 6.17. The molecular formula is C13H21ClN4O2. The molecule has 0 saturated heterocycles. The zero-order valence-corrected chi connectivity index (χ0v) is 12.4. The molecule has 1 aliphatic carbocycles. The van der Waals surface area contributed by atoms with Crippen LogP contribution >= 0.6 is 11.6 Å². The minimum Gasteiger partial charge on any atom is -0.394 e. The molecule has 7 heteroatoms. The highest BCUT2D eigenvalue weighted by Crippen LogP contribution is 2.33. The van der Waals surface area contributed by atoms with Gasteiger partial charge in [0.25, 0.3) is 5.56 Å². The lowest BCUT2D eigenvalue weighted by atomic mass is 10.0. The Morgan fingerprint density at radius 1 is 1.60 bits per heavy atom. The number of nitrogens with two attached hydrogens (primary N) is 1. The first-order chi connectivity index (χ1) is 9.60. The molecule has 0 bridgehead atoms. The number of aliphatic hydroxyl groups excluding tert-OH is 1. The second-order valence-corrected chi connectivity index (χ2v) is 5.58. The van der Waals surface area contributed by atoms with E-state index >= 15 is 0 Å². The van der Waals surface area contributed by atoms with Gasteiger partial charge in [0.05, 0.1) is 25.0 Å². The van der Waals surface area contributed by atoms with Crippen LogP contribution in [-0.2, 0) is 6.54 Å². The van der Waals surface area contributed by atoms with E-state index in [0.29, 0.717) is 24.2 Å². The monoisotopic (exact) mass is 300 g/mol. The molecule has 2 rings (SSSR count). The van der Waals surface area contributed by atoms with Crippen molar-refractivity contribution in [2.75, 3.05) is 25.1 Å². The zero-order chi connectivity index (χ0) is 14.7. The van der Waals surface area contributed by atoms with Crippen molar-refractivity contribution in [3.63, 3.8) is 0 Å². The van der Waals surface area contributed by atoms with Crippen molar-refractivity contribution in [2.45, 2.75) is 31.8 Å². The van der Waals surface area contributed by atoms with Crippen LogP contribution in [0.25, 0.3) is 0 Å². The van der Waals surface area contributed by atoms with Crippen molar-refractivity contribution in [3.8, 4) is 0 Å². The van der Waals surface area contributed by atoms with E-state index < -0.39 is 0 Å². The van der Waals surface area contributed by atoms with Crippen LogP contribution in [-0.4, -0.2) is 41.1 Å². The van der Waals surface area contributed by atoms with Crippen molar-refractivity contribution in [2.24, 2.45) is 11.7 Å². The molecule has 20 heavy (non-hydrogen) atoms. The number of rotatable bonds is 5. The fraction of sp³-hybridized carbons (Fsp3) is 0.692. The van der Waals surface area contributed by atoms with E-state index in [1.165, 1.54) is 4.68 Å². The average molecular weight is 301 g/mol.